The number of epoxide rings is 1. The molecule has 0 spiro atoms. The number of hydrogen-bond donors (Lipinski definition) is 0. The summed E-state index contributed by atoms with van der Waals surface area (Å²) in [5.74, 6) is 0.349. The second-order valence-electron chi connectivity index (χ2n) is 4.83. The summed E-state index contributed by atoms with van der Waals surface area (Å²) in [6.45, 7) is 2.73. The lowest BCUT2D eigenvalue weighted by Gasteiger charge is -2.19. The number of hydrogen-bond acceptors (Lipinski definition) is 5. The maximum Gasteiger partial charge on any atom is 0.308 e. The number of rotatable bonds is 2. The largest absolute Gasteiger partial charge is 0.426 e. The quantitative estimate of drug-likeness (QED) is 0.458. The monoisotopic (exact) mass is 262 g/mol. The van der Waals surface area contributed by atoms with Crippen LogP contribution in [-0.4, -0.2) is 24.1 Å². The van der Waals surface area contributed by atoms with Gasteiger partial charge in [0.05, 0.1) is 12.2 Å². The molecule has 1 fully saturated rings. The van der Waals surface area contributed by atoms with E-state index in [4.69, 9.17) is 14.2 Å². The molecule has 1 heterocycles. The molecular formula is C14H14O5. The molecule has 5 nitrogen and oxygen atoms in total. The molecule has 0 bridgehead atoms. The van der Waals surface area contributed by atoms with Crippen molar-refractivity contribution < 1.29 is 23.8 Å². The molecule has 1 aliphatic heterocycles. The van der Waals surface area contributed by atoms with E-state index < -0.39 is 0 Å². The predicted molar refractivity (Wildman–Crippen MR) is 65.1 cm³/mol. The Kier molecular flexibility index (Phi) is 2.78. The average molecular weight is 262 g/mol. The Morgan fingerprint density at radius 1 is 1.00 bits per heavy atom. The van der Waals surface area contributed by atoms with Crippen LogP contribution in [0.15, 0.2) is 12.1 Å². The van der Waals surface area contributed by atoms with Gasteiger partial charge in [-0.15, -0.1) is 0 Å². The van der Waals surface area contributed by atoms with Gasteiger partial charge in [0.25, 0.3) is 0 Å². The normalized spacial score (nSPS) is 23.1. The van der Waals surface area contributed by atoms with E-state index in [-0.39, 0.29) is 24.1 Å². The lowest BCUT2D eigenvalue weighted by atomic mass is 9.90. The first kappa shape index (κ1) is 12.2. The first-order valence-electron chi connectivity index (χ1n) is 6.21. The molecule has 0 amide bonds. The maximum atomic E-state index is 11.1. The van der Waals surface area contributed by atoms with E-state index in [1.54, 1.807) is 12.1 Å². The van der Waals surface area contributed by atoms with E-state index in [0.717, 1.165) is 11.1 Å². The van der Waals surface area contributed by atoms with E-state index >= 15 is 0 Å². The van der Waals surface area contributed by atoms with Crippen molar-refractivity contribution in [3.63, 3.8) is 0 Å². The summed E-state index contributed by atoms with van der Waals surface area (Å²) >= 11 is 0. The summed E-state index contributed by atoms with van der Waals surface area (Å²) in [7, 11) is 0. The van der Waals surface area contributed by atoms with Gasteiger partial charge in [-0.1, -0.05) is 0 Å². The molecule has 0 radical (unpaired) electrons. The van der Waals surface area contributed by atoms with Gasteiger partial charge in [0.1, 0.15) is 11.5 Å². The zero-order chi connectivity index (χ0) is 13.6. The van der Waals surface area contributed by atoms with Gasteiger partial charge in [0, 0.05) is 37.8 Å². The van der Waals surface area contributed by atoms with Gasteiger partial charge in [-0.2, -0.15) is 0 Å². The lowest BCUT2D eigenvalue weighted by Crippen LogP contribution is -2.17. The molecule has 0 aromatic heterocycles. The fraction of sp³-hybridized carbons (Fsp3) is 0.429. The fourth-order valence-corrected chi connectivity index (χ4v) is 2.54. The number of carbonyl (C=O) groups is 2. The zero-order valence-electron chi connectivity index (χ0n) is 10.8. The number of esters is 2. The smallest absolute Gasteiger partial charge is 0.308 e. The summed E-state index contributed by atoms with van der Waals surface area (Å²) in [6, 6.07) is 3.34. The van der Waals surface area contributed by atoms with Gasteiger partial charge in [0.2, 0.25) is 0 Å². The second kappa shape index (κ2) is 4.35. The number of fused-ring (bicyclic) bond motifs is 2. The van der Waals surface area contributed by atoms with Crippen LogP contribution in [0.25, 0.3) is 0 Å². The van der Waals surface area contributed by atoms with Crippen molar-refractivity contribution in [2.75, 3.05) is 0 Å². The van der Waals surface area contributed by atoms with E-state index in [0.29, 0.717) is 24.3 Å². The number of benzene rings is 1. The highest BCUT2D eigenvalue weighted by molar-refractivity contribution is 5.72. The molecule has 3 rings (SSSR count). The Balaban J connectivity index is 2.01. The molecule has 1 saturated heterocycles. The number of carbonyl (C=O) groups excluding carboxylic acids is 2. The summed E-state index contributed by atoms with van der Waals surface area (Å²) in [5, 5.41) is 0. The van der Waals surface area contributed by atoms with Crippen molar-refractivity contribution in [1.82, 2.24) is 0 Å². The predicted octanol–water partition coefficient (Wildman–Crippen LogP) is 1.40. The van der Waals surface area contributed by atoms with E-state index in [9.17, 15) is 9.59 Å². The Hall–Kier alpha value is -1.88. The molecule has 2 atom stereocenters. The standard InChI is InChI=1S/C14H14O5/c1-7(15)17-11-3-4-12(18-8(2)16)10-6-14-13(19-14)5-9(10)11/h3-4,13-14H,5-6H2,1-2H3. The number of ether oxygens (including phenoxy) is 3. The Labute approximate surface area is 110 Å². The van der Waals surface area contributed by atoms with E-state index in [1.165, 1.54) is 13.8 Å². The first-order valence-corrected chi connectivity index (χ1v) is 6.21. The topological polar surface area (TPSA) is 65.1 Å². The molecular weight excluding hydrogens is 248 g/mol. The van der Waals surface area contributed by atoms with Crippen molar-refractivity contribution in [1.29, 1.82) is 0 Å². The van der Waals surface area contributed by atoms with Crippen LogP contribution in [-0.2, 0) is 27.2 Å². The fourth-order valence-electron chi connectivity index (χ4n) is 2.54. The van der Waals surface area contributed by atoms with Crippen LogP contribution in [0.1, 0.15) is 25.0 Å². The highest BCUT2D eigenvalue weighted by Crippen LogP contribution is 2.43. The van der Waals surface area contributed by atoms with Crippen molar-refractivity contribution in [3.05, 3.63) is 23.3 Å². The summed E-state index contributed by atoms with van der Waals surface area (Å²) < 4.78 is 15.9. The third-order valence-electron chi connectivity index (χ3n) is 3.35. The van der Waals surface area contributed by atoms with Gasteiger partial charge in [0.15, 0.2) is 0 Å². The highest BCUT2D eigenvalue weighted by Gasteiger charge is 2.45. The minimum absolute atomic E-state index is 0.203. The van der Waals surface area contributed by atoms with Crippen LogP contribution in [0.4, 0.5) is 0 Å². The van der Waals surface area contributed by atoms with Crippen molar-refractivity contribution in [3.8, 4) is 11.5 Å². The Morgan fingerprint density at radius 3 is 1.79 bits per heavy atom. The van der Waals surface area contributed by atoms with E-state index in [1.807, 2.05) is 0 Å². The van der Waals surface area contributed by atoms with Gasteiger partial charge < -0.3 is 14.2 Å². The van der Waals surface area contributed by atoms with Gasteiger partial charge >= 0.3 is 11.9 Å². The third kappa shape index (κ3) is 2.33. The minimum Gasteiger partial charge on any atom is -0.426 e. The van der Waals surface area contributed by atoms with Crippen LogP contribution in [0.3, 0.4) is 0 Å². The third-order valence-corrected chi connectivity index (χ3v) is 3.35. The Morgan fingerprint density at radius 2 is 1.42 bits per heavy atom. The van der Waals surface area contributed by atoms with Crippen molar-refractivity contribution >= 4 is 11.9 Å². The van der Waals surface area contributed by atoms with Gasteiger partial charge in [-0.05, 0) is 12.1 Å². The van der Waals surface area contributed by atoms with E-state index in [2.05, 4.69) is 0 Å². The van der Waals surface area contributed by atoms with Gasteiger partial charge in [-0.25, -0.2) is 0 Å². The van der Waals surface area contributed by atoms with Crippen LogP contribution in [0.5, 0.6) is 11.5 Å². The summed E-state index contributed by atoms with van der Waals surface area (Å²) in [4.78, 5) is 22.2. The molecule has 5 heteroatoms. The molecule has 19 heavy (non-hydrogen) atoms. The molecule has 0 saturated carbocycles. The zero-order valence-corrected chi connectivity index (χ0v) is 10.8. The van der Waals surface area contributed by atoms with Gasteiger partial charge in [-0.3, -0.25) is 9.59 Å². The highest BCUT2D eigenvalue weighted by atomic mass is 16.6. The minimum atomic E-state index is -0.360. The molecule has 2 aliphatic rings. The molecule has 1 aromatic carbocycles. The lowest BCUT2D eigenvalue weighted by molar-refractivity contribution is -0.133. The SMILES string of the molecule is CC(=O)Oc1ccc(OC(C)=O)c2c1CC1OC1C2. The van der Waals surface area contributed by atoms with Crippen LogP contribution in [0, 0.1) is 0 Å². The molecule has 1 aliphatic carbocycles. The van der Waals surface area contributed by atoms with Crippen molar-refractivity contribution in [2.45, 2.75) is 38.9 Å². The average Bonchev–Trinajstić information content (AvgIpc) is 3.07. The van der Waals surface area contributed by atoms with Crippen molar-refractivity contribution in [2.24, 2.45) is 0 Å². The molecule has 0 N–H and O–H groups in total. The molecule has 1 aromatic rings. The maximum absolute atomic E-state index is 11.1. The molecule has 100 valence electrons. The Bertz CT molecular complexity index is 514. The van der Waals surface area contributed by atoms with Crippen LogP contribution < -0.4 is 9.47 Å². The summed E-state index contributed by atoms with van der Waals surface area (Å²) in [6.07, 6.45) is 1.79. The summed E-state index contributed by atoms with van der Waals surface area (Å²) in [5.41, 5.74) is 1.82. The second-order valence-corrected chi connectivity index (χ2v) is 4.83. The first-order chi connectivity index (χ1) is 9.04. The molecule has 2 unspecified atom stereocenters. The van der Waals surface area contributed by atoms with Crippen LogP contribution in [0.2, 0.25) is 0 Å². The van der Waals surface area contributed by atoms with Crippen LogP contribution >= 0.6 is 0 Å².